The van der Waals surface area contributed by atoms with Crippen LogP contribution in [0.2, 0.25) is 0 Å². The van der Waals surface area contributed by atoms with Crippen LogP contribution in [0.25, 0.3) is 0 Å². The Kier molecular flexibility index (Phi) is 5.19. The summed E-state index contributed by atoms with van der Waals surface area (Å²) in [4.78, 5) is 29.7. The van der Waals surface area contributed by atoms with Gasteiger partial charge in [-0.25, -0.2) is 9.82 Å². The molecule has 1 aromatic rings. The molecule has 0 saturated heterocycles. The Hall–Kier alpha value is -2.85. The number of aromatic amines is 1. The molecule has 0 radical (unpaired) electrons. The van der Waals surface area contributed by atoms with Crippen molar-refractivity contribution in [2.24, 2.45) is 0 Å². The maximum Gasteiger partial charge on any atom is 0.268 e. The van der Waals surface area contributed by atoms with Crippen LogP contribution in [0, 0.1) is 0 Å². The third-order valence-corrected chi connectivity index (χ3v) is 4.09. The van der Waals surface area contributed by atoms with Gasteiger partial charge in [-0.3, -0.25) is 19.9 Å². The molecule has 0 bridgehead atoms. The molecular weight excluding hydrogens is 355 g/mol. The molecule has 1 aromatic heterocycles. The van der Waals surface area contributed by atoms with Crippen molar-refractivity contribution in [3.63, 3.8) is 0 Å². The average Bonchev–Trinajstić information content (AvgIpc) is 3.20. The Morgan fingerprint density at radius 3 is 2.96 bits per heavy atom. The summed E-state index contributed by atoms with van der Waals surface area (Å²) >= 11 is 0. The zero-order chi connectivity index (χ0) is 19.6. The summed E-state index contributed by atoms with van der Waals surface area (Å²) in [5.74, 6) is 0.747. The van der Waals surface area contributed by atoms with Gasteiger partial charge in [-0.15, -0.1) is 0 Å². The lowest BCUT2D eigenvalue weighted by atomic mass is 10.2. The number of nitrogens with one attached hydrogen (secondary N) is 4. The second-order valence-electron chi connectivity index (χ2n) is 6.80. The molecule has 1 unspecified atom stereocenters. The number of hydrogen-bond acceptors (Lipinski definition) is 6. The van der Waals surface area contributed by atoms with E-state index in [9.17, 15) is 14.0 Å². The van der Waals surface area contributed by atoms with Crippen LogP contribution in [-0.2, 0) is 4.79 Å². The summed E-state index contributed by atoms with van der Waals surface area (Å²) in [6, 6.07) is 1.59. The highest BCUT2D eigenvalue weighted by Crippen LogP contribution is 2.37. The van der Waals surface area contributed by atoms with E-state index in [1.165, 1.54) is 18.7 Å². The van der Waals surface area contributed by atoms with Crippen LogP contribution in [0.1, 0.15) is 24.3 Å². The lowest BCUT2D eigenvalue weighted by Gasteiger charge is -2.29. The summed E-state index contributed by atoms with van der Waals surface area (Å²) < 4.78 is 19.2. The Morgan fingerprint density at radius 2 is 2.30 bits per heavy atom. The van der Waals surface area contributed by atoms with Crippen molar-refractivity contribution >= 4 is 18.1 Å². The number of H-pyrrole nitrogens is 1. The number of fused-ring (bicyclic) bond motifs is 1. The summed E-state index contributed by atoms with van der Waals surface area (Å²) in [5, 5.41) is 2.55. The number of carbonyl (C=O) groups is 2. The van der Waals surface area contributed by atoms with E-state index in [2.05, 4.69) is 21.2 Å². The molecule has 0 fully saturated rings. The first-order valence-electron chi connectivity index (χ1n) is 8.48. The fourth-order valence-electron chi connectivity index (χ4n) is 2.75. The van der Waals surface area contributed by atoms with Gasteiger partial charge in [0.15, 0.2) is 18.3 Å². The second kappa shape index (κ2) is 7.41. The van der Waals surface area contributed by atoms with Gasteiger partial charge in [-0.2, -0.15) is 0 Å². The van der Waals surface area contributed by atoms with Crippen LogP contribution in [-0.4, -0.2) is 54.4 Å². The number of ether oxygens (including phenoxy) is 1. The number of carbonyl (C=O) groups excluding carboxylic acids is 2. The average molecular weight is 378 g/mol. The van der Waals surface area contributed by atoms with Crippen LogP contribution in [0.4, 0.5) is 10.2 Å². The van der Waals surface area contributed by atoms with Gasteiger partial charge >= 0.3 is 0 Å². The van der Waals surface area contributed by atoms with E-state index in [0.29, 0.717) is 18.0 Å². The van der Waals surface area contributed by atoms with Gasteiger partial charge in [0.1, 0.15) is 17.5 Å². The molecule has 27 heavy (non-hydrogen) atoms. The molecule has 3 heterocycles. The SMILES string of the molecule is CNNC1C=C(N2COc3cc(C(=O)NCC(C)(C)F)[nH]c32)C=CN1C=O. The third kappa shape index (κ3) is 4.12. The van der Waals surface area contributed by atoms with Crippen LogP contribution >= 0.6 is 0 Å². The number of amides is 2. The van der Waals surface area contributed by atoms with E-state index < -0.39 is 11.6 Å². The lowest BCUT2D eigenvalue weighted by molar-refractivity contribution is -0.117. The maximum absolute atomic E-state index is 13.6. The minimum atomic E-state index is -1.50. The van der Waals surface area contributed by atoms with Crippen molar-refractivity contribution in [3.05, 3.63) is 35.8 Å². The first-order chi connectivity index (χ1) is 12.8. The standard InChI is InChI=1S/C17H23FN6O3/c1-17(2,18)8-20-16(26)12-7-13-15(21-12)24(10-27-13)11-4-5-23(9-25)14(6-11)22-19-3/h4-7,9,14,19,21-22H,8,10H2,1-3H3,(H,20,26). The largest absolute Gasteiger partial charge is 0.469 e. The molecule has 2 aliphatic rings. The fraction of sp³-hybridized carbons (Fsp3) is 0.412. The highest BCUT2D eigenvalue weighted by Gasteiger charge is 2.29. The first-order valence-corrected chi connectivity index (χ1v) is 8.48. The summed E-state index contributed by atoms with van der Waals surface area (Å²) in [6.07, 6.45) is 5.60. The van der Waals surface area contributed by atoms with Gasteiger partial charge < -0.3 is 19.9 Å². The van der Waals surface area contributed by atoms with Crippen molar-refractivity contribution in [1.82, 2.24) is 26.1 Å². The molecule has 10 heteroatoms. The van der Waals surface area contributed by atoms with Crippen LogP contribution in [0.15, 0.2) is 30.1 Å². The summed E-state index contributed by atoms with van der Waals surface area (Å²) in [7, 11) is 1.71. The Balaban J connectivity index is 1.77. The number of allylic oxidation sites excluding steroid dienone is 1. The Labute approximate surface area is 156 Å². The van der Waals surface area contributed by atoms with Crippen LogP contribution < -0.4 is 25.8 Å². The number of alkyl halides is 1. The van der Waals surface area contributed by atoms with Crippen molar-refractivity contribution in [1.29, 1.82) is 0 Å². The van der Waals surface area contributed by atoms with Gasteiger partial charge in [0.05, 0.1) is 6.54 Å². The normalized spacial score (nSPS) is 18.8. The number of halogens is 1. The molecule has 3 rings (SSSR count). The van der Waals surface area contributed by atoms with Crippen molar-refractivity contribution in [2.45, 2.75) is 25.7 Å². The summed E-state index contributed by atoms with van der Waals surface area (Å²) in [5.41, 5.74) is 5.34. The van der Waals surface area contributed by atoms with Gasteiger partial charge in [0.2, 0.25) is 6.41 Å². The molecule has 2 amide bonds. The predicted molar refractivity (Wildman–Crippen MR) is 97.4 cm³/mol. The predicted octanol–water partition coefficient (Wildman–Crippen LogP) is 0.569. The first kappa shape index (κ1) is 18.9. The van der Waals surface area contributed by atoms with Gasteiger partial charge in [-0.05, 0) is 33.0 Å². The van der Waals surface area contributed by atoms with Crippen LogP contribution in [0.3, 0.4) is 0 Å². The number of nitrogens with zero attached hydrogens (tertiary/aromatic N) is 2. The molecule has 4 N–H and O–H groups in total. The number of aromatic nitrogens is 1. The Morgan fingerprint density at radius 1 is 1.52 bits per heavy atom. The minimum Gasteiger partial charge on any atom is -0.469 e. The van der Waals surface area contributed by atoms with E-state index >= 15 is 0 Å². The van der Waals surface area contributed by atoms with Gasteiger partial charge in [-0.1, -0.05) is 0 Å². The van der Waals surface area contributed by atoms with Crippen LogP contribution in [0.5, 0.6) is 5.75 Å². The number of anilines is 1. The molecule has 2 aliphatic heterocycles. The molecule has 0 saturated carbocycles. The number of rotatable bonds is 7. The monoisotopic (exact) mass is 378 g/mol. The smallest absolute Gasteiger partial charge is 0.268 e. The van der Waals surface area contributed by atoms with Gasteiger partial charge in [0.25, 0.3) is 5.91 Å². The zero-order valence-corrected chi connectivity index (χ0v) is 15.4. The van der Waals surface area contributed by atoms with E-state index in [1.54, 1.807) is 25.4 Å². The zero-order valence-electron chi connectivity index (χ0n) is 15.4. The molecular formula is C17H23FN6O3. The fourth-order valence-corrected chi connectivity index (χ4v) is 2.75. The van der Waals surface area contributed by atoms with E-state index in [1.807, 2.05) is 11.0 Å². The summed E-state index contributed by atoms with van der Waals surface area (Å²) in [6.45, 7) is 2.97. The van der Waals surface area contributed by atoms with E-state index in [4.69, 9.17) is 4.74 Å². The molecule has 146 valence electrons. The maximum atomic E-state index is 13.6. The quantitative estimate of drug-likeness (QED) is 0.409. The topological polar surface area (TPSA) is 102 Å². The third-order valence-electron chi connectivity index (χ3n) is 4.09. The molecule has 9 nitrogen and oxygen atoms in total. The number of hydrazine groups is 1. The molecule has 0 spiro atoms. The number of hydrogen-bond donors (Lipinski definition) is 4. The van der Waals surface area contributed by atoms with E-state index in [0.717, 1.165) is 5.70 Å². The van der Waals surface area contributed by atoms with E-state index in [-0.39, 0.29) is 25.1 Å². The molecule has 0 aliphatic carbocycles. The van der Waals surface area contributed by atoms with Crippen molar-refractivity contribution in [3.8, 4) is 5.75 Å². The lowest BCUT2D eigenvalue weighted by Crippen LogP contribution is -2.48. The van der Waals surface area contributed by atoms with Gasteiger partial charge in [0, 0.05) is 18.0 Å². The minimum absolute atomic E-state index is 0.0904. The highest BCUT2D eigenvalue weighted by molar-refractivity contribution is 5.94. The van der Waals surface area contributed by atoms with Crippen molar-refractivity contribution in [2.75, 3.05) is 25.2 Å². The Bertz CT molecular complexity index is 782. The highest BCUT2D eigenvalue weighted by atomic mass is 19.1. The molecule has 1 atom stereocenters. The second-order valence-corrected chi connectivity index (χ2v) is 6.80. The van der Waals surface area contributed by atoms with Crippen molar-refractivity contribution < 1.29 is 18.7 Å². The molecule has 0 aromatic carbocycles.